The minimum atomic E-state index is -1.86. The van der Waals surface area contributed by atoms with E-state index in [0.717, 1.165) is 0 Å². The zero-order chi connectivity index (χ0) is 18.3. The number of carbonyl (C=O) groups excluding carboxylic acids is 2. The van der Waals surface area contributed by atoms with Gasteiger partial charge in [-0.25, -0.2) is 4.79 Å². The van der Waals surface area contributed by atoms with Crippen molar-refractivity contribution in [2.45, 2.75) is 23.8 Å². The van der Waals surface area contributed by atoms with Crippen molar-refractivity contribution in [3.05, 3.63) is 29.8 Å². The highest BCUT2D eigenvalue weighted by molar-refractivity contribution is 7.80. The molecule has 0 saturated carbocycles. The van der Waals surface area contributed by atoms with Gasteiger partial charge < -0.3 is 15.4 Å². The van der Waals surface area contributed by atoms with E-state index in [0.29, 0.717) is 11.3 Å². The fourth-order valence-corrected chi connectivity index (χ4v) is 2.14. The molecule has 1 amide bonds. The molecule has 3 N–H and O–H groups in total. The summed E-state index contributed by atoms with van der Waals surface area (Å²) in [4.78, 5) is 22.7. The van der Waals surface area contributed by atoms with Crippen LogP contribution in [0.15, 0.2) is 24.3 Å². The maximum Gasteiger partial charge on any atom is 0.408 e. The first-order valence-corrected chi connectivity index (χ1v) is 8.36. The van der Waals surface area contributed by atoms with Crippen LogP contribution in [0, 0.1) is 0 Å². The third kappa shape index (κ3) is 7.09. The van der Waals surface area contributed by atoms with Gasteiger partial charge in [0.1, 0.15) is 0 Å². The first kappa shape index (κ1) is 20.8. The molecule has 0 aliphatic heterocycles. The van der Waals surface area contributed by atoms with E-state index >= 15 is 0 Å². The van der Waals surface area contributed by atoms with E-state index in [-0.39, 0.29) is 17.5 Å². The SMILES string of the molecule is CCOC(=O)N[C@@H](NC(=S)Nc1ccc(C(C)=O)cc1)C(Cl)(Cl)Cl. The molecule has 0 saturated heterocycles. The van der Waals surface area contributed by atoms with E-state index in [4.69, 9.17) is 51.8 Å². The van der Waals surface area contributed by atoms with Crippen LogP contribution in [0.1, 0.15) is 24.2 Å². The number of nitrogens with one attached hydrogen (secondary N) is 3. The minimum absolute atomic E-state index is 0.0443. The van der Waals surface area contributed by atoms with Gasteiger partial charge in [0.25, 0.3) is 0 Å². The number of anilines is 1. The topological polar surface area (TPSA) is 79.5 Å². The predicted molar refractivity (Wildman–Crippen MR) is 100 cm³/mol. The molecule has 6 nitrogen and oxygen atoms in total. The highest BCUT2D eigenvalue weighted by atomic mass is 35.6. The number of carbonyl (C=O) groups is 2. The fraction of sp³-hybridized carbons (Fsp3) is 0.357. The number of rotatable bonds is 5. The van der Waals surface area contributed by atoms with Crippen LogP contribution in [0.3, 0.4) is 0 Å². The van der Waals surface area contributed by atoms with Crippen molar-refractivity contribution in [1.82, 2.24) is 10.6 Å². The van der Waals surface area contributed by atoms with Crippen LogP contribution in [-0.4, -0.2) is 33.6 Å². The van der Waals surface area contributed by atoms with Gasteiger partial charge in [-0.3, -0.25) is 10.1 Å². The molecule has 0 heterocycles. The van der Waals surface area contributed by atoms with Gasteiger partial charge in [0, 0.05) is 11.3 Å². The lowest BCUT2D eigenvalue weighted by atomic mass is 10.1. The summed E-state index contributed by atoms with van der Waals surface area (Å²) >= 11 is 22.6. The Labute approximate surface area is 160 Å². The largest absolute Gasteiger partial charge is 0.450 e. The Bertz CT molecular complexity index is 606. The normalized spacial score (nSPS) is 12.0. The van der Waals surface area contributed by atoms with Crippen molar-refractivity contribution >= 4 is 69.7 Å². The molecule has 1 rings (SSSR count). The van der Waals surface area contributed by atoms with Gasteiger partial charge in [-0.05, 0) is 50.3 Å². The number of hydrogen-bond donors (Lipinski definition) is 3. The summed E-state index contributed by atoms with van der Waals surface area (Å²) in [5.41, 5.74) is 1.19. The quantitative estimate of drug-likeness (QED) is 0.297. The van der Waals surface area contributed by atoms with E-state index in [1.54, 1.807) is 31.2 Å². The predicted octanol–water partition coefficient (Wildman–Crippen LogP) is 3.62. The number of hydrogen-bond acceptors (Lipinski definition) is 4. The molecule has 0 radical (unpaired) electrons. The Kier molecular flexibility index (Phi) is 8.02. The van der Waals surface area contributed by atoms with Gasteiger partial charge in [-0.2, -0.15) is 0 Å². The van der Waals surface area contributed by atoms with Crippen LogP contribution in [0.4, 0.5) is 10.5 Å². The summed E-state index contributed by atoms with van der Waals surface area (Å²) in [6, 6.07) is 6.65. The molecule has 0 spiro atoms. The van der Waals surface area contributed by atoms with Crippen LogP contribution in [0.2, 0.25) is 0 Å². The Morgan fingerprint density at radius 1 is 1.21 bits per heavy atom. The lowest BCUT2D eigenvalue weighted by Gasteiger charge is -2.27. The smallest absolute Gasteiger partial charge is 0.408 e. The number of halogens is 3. The third-order valence-electron chi connectivity index (χ3n) is 2.69. The van der Waals surface area contributed by atoms with Crippen molar-refractivity contribution in [1.29, 1.82) is 0 Å². The van der Waals surface area contributed by atoms with Gasteiger partial charge in [0.2, 0.25) is 3.79 Å². The van der Waals surface area contributed by atoms with Gasteiger partial charge >= 0.3 is 6.09 Å². The van der Waals surface area contributed by atoms with Crippen molar-refractivity contribution in [2.75, 3.05) is 11.9 Å². The summed E-state index contributed by atoms with van der Waals surface area (Å²) in [6.45, 7) is 3.29. The Balaban J connectivity index is 2.70. The van der Waals surface area contributed by atoms with E-state index < -0.39 is 16.1 Å². The van der Waals surface area contributed by atoms with Gasteiger partial charge in [0.15, 0.2) is 17.1 Å². The number of thiocarbonyl (C=S) groups is 1. The Morgan fingerprint density at radius 2 is 1.79 bits per heavy atom. The van der Waals surface area contributed by atoms with E-state index in [1.165, 1.54) is 6.92 Å². The van der Waals surface area contributed by atoms with Crippen LogP contribution < -0.4 is 16.0 Å². The third-order valence-corrected chi connectivity index (χ3v) is 3.56. The van der Waals surface area contributed by atoms with Crippen LogP contribution in [-0.2, 0) is 4.74 Å². The van der Waals surface area contributed by atoms with Gasteiger partial charge in [0.05, 0.1) is 6.61 Å². The molecule has 10 heteroatoms. The molecule has 0 fully saturated rings. The van der Waals surface area contributed by atoms with E-state index in [9.17, 15) is 9.59 Å². The fourth-order valence-electron chi connectivity index (χ4n) is 1.58. The van der Waals surface area contributed by atoms with Crippen LogP contribution >= 0.6 is 47.0 Å². The summed E-state index contributed by atoms with van der Waals surface area (Å²) in [5, 5.41) is 8.00. The maximum absolute atomic E-state index is 11.5. The molecular formula is C14H16Cl3N3O3S. The lowest BCUT2D eigenvalue weighted by molar-refractivity contribution is 0.101. The number of alkyl carbamates (subject to hydrolysis) is 1. The summed E-state index contributed by atoms with van der Waals surface area (Å²) < 4.78 is 2.88. The van der Waals surface area contributed by atoms with Gasteiger partial charge in [-0.1, -0.05) is 34.8 Å². The average molecular weight is 413 g/mol. The number of benzene rings is 1. The van der Waals surface area contributed by atoms with Crippen molar-refractivity contribution in [2.24, 2.45) is 0 Å². The van der Waals surface area contributed by atoms with Crippen LogP contribution in [0.5, 0.6) is 0 Å². The molecule has 0 aliphatic rings. The van der Waals surface area contributed by atoms with E-state index in [1.807, 2.05) is 0 Å². The minimum Gasteiger partial charge on any atom is -0.450 e. The Hall–Kier alpha value is -1.28. The first-order chi connectivity index (χ1) is 11.1. The first-order valence-electron chi connectivity index (χ1n) is 6.82. The molecule has 0 unspecified atom stereocenters. The molecule has 0 aliphatic carbocycles. The van der Waals surface area contributed by atoms with E-state index in [2.05, 4.69) is 16.0 Å². The van der Waals surface area contributed by atoms with Gasteiger partial charge in [-0.15, -0.1) is 0 Å². The summed E-state index contributed by atoms with van der Waals surface area (Å²) in [7, 11) is 0. The van der Waals surface area contributed by atoms with Crippen LogP contribution in [0.25, 0.3) is 0 Å². The average Bonchev–Trinajstić information content (AvgIpc) is 2.46. The molecule has 0 bridgehead atoms. The Morgan fingerprint density at radius 3 is 2.25 bits per heavy atom. The van der Waals surface area contributed by atoms with Crippen molar-refractivity contribution in [3.8, 4) is 0 Å². The summed E-state index contributed by atoms with van der Waals surface area (Å²) in [5.74, 6) is -0.0443. The summed E-state index contributed by atoms with van der Waals surface area (Å²) in [6.07, 6.45) is -1.87. The zero-order valence-electron chi connectivity index (χ0n) is 12.9. The standard InChI is InChI=1S/C14H16Cl3N3O3S/c1-3-23-13(22)20-11(14(15,16)17)19-12(24)18-10-6-4-9(5-7-10)8(2)21/h4-7,11H,3H2,1-2H3,(H,20,22)(H2,18,19,24)/t11-/m1/s1. The second-order valence-electron chi connectivity index (χ2n) is 4.57. The second-order valence-corrected chi connectivity index (χ2v) is 7.35. The lowest BCUT2D eigenvalue weighted by Crippen LogP contribution is -2.56. The molecule has 1 atom stereocenters. The number of ether oxygens (including phenoxy) is 1. The number of alkyl halides is 3. The molecule has 132 valence electrons. The number of Topliss-reactive ketones (excluding diaryl/α,β-unsaturated/α-hetero) is 1. The zero-order valence-corrected chi connectivity index (χ0v) is 15.9. The molecule has 0 aromatic heterocycles. The maximum atomic E-state index is 11.5. The number of ketones is 1. The molecule has 24 heavy (non-hydrogen) atoms. The monoisotopic (exact) mass is 411 g/mol. The molecular weight excluding hydrogens is 397 g/mol. The second kappa shape index (κ2) is 9.27. The highest BCUT2D eigenvalue weighted by Crippen LogP contribution is 2.29. The molecule has 1 aromatic carbocycles. The van der Waals surface area contributed by atoms with Crippen molar-refractivity contribution in [3.63, 3.8) is 0 Å². The molecule has 1 aromatic rings. The highest BCUT2D eigenvalue weighted by Gasteiger charge is 2.35. The van der Waals surface area contributed by atoms with Crippen molar-refractivity contribution < 1.29 is 14.3 Å². The number of amides is 1.